The molecule has 2 aliphatic rings. The molecule has 0 spiro atoms. The summed E-state index contributed by atoms with van der Waals surface area (Å²) in [4.78, 5) is 30.7. The Bertz CT molecular complexity index is 1300. The van der Waals surface area contributed by atoms with Gasteiger partial charge in [0, 0.05) is 26.4 Å². The lowest BCUT2D eigenvalue weighted by Gasteiger charge is -2.45. The van der Waals surface area contributed by atoms with E-state index in [0.717, 1.165) is 19.3 Å². The second-order valence-electron chi connectivity index (χ2n) is 9.12. The number of anilines is 3. The van der Waals surface area contributed by atoms with Crippen LogP contribution in [0.5, 0.6) is 0 Å². The van der Waals surface area contributed by atoms with Gasteiger partial charge in [0.2, 0.25) is 0 Å². The molecule has 2 aliphatic carbocycles. The highest BCUT2D eigenvalue weighted by Crippen LogP contribution is 2.35. The van der Waals surface area contributed by atoms with Crippen LogP contribution in [0.1, 0.15) is 49.0 Å². The number of carbonyl (C=O) groups excluding carboxylic acids is 1. The summed E-state index contributed by atoms with van der Waals surface area (Å²) in [6, 6.07) is 4.84. The van der Waals surface area contributed by atoms with Crippen LogP contribution in [-0.2, 0) is 4.74 Å². The van der Waals surface area contributed by atoms with Gasteiger partial charge in [-0.05, 0) is 44.7 Å². The highest BCUT2D eigenvalue weighted by atomic mass is 16.5. The van der Waals surface area contributed by atoms with E-state index < -0.39 is 6.10 Å². The molecule has 4 atom stereocenters. The molecule has 4 N–H and O–H groups in total. The summed E-state index contributed by atoms with van der Waals surface area (Å²) in [5, 5.41) is 23.5. The first-order valence-corrected chi connectivity index (χ1v) is 11.4. The van der Waals surface area contributed by atoms with Crippen molar-refractivity contribution in [3.63, 3.8) is 0 Å². The second kappa shape index (κ2) is 8.41. The maximum Gasteiger partial charge on any atom is 0.274 e. The number of rotatable bonds is 7. The van der Waals surface area contributed by atoms with Gasteiger partial charge in [-0.15, -0.1) is 0 Å². The lowest BCUT2D eigenvalue weighted by atomic mass is 9.76. The second-order valence-corrected chi connectivity index (χ2v) is 9.12. The van der Waals surface area contributed by atoms with Crippen LogP contribution in [0, 0.1) is 0 Å². The Morgan fingerprint density at radius 2 is 2.15 bits per heavy atom. The zero-order chi connectivity index (χ0) is 24.0. The molecular weight excluding hydrogens is 438 g/mol. The van der Waals surface area contributed by atoms with Crippen molar-refractivity contribution in [1.82, 2.24) is 24.5 Å². The summed E-state index contributed by atoms with van der Waals surface area (Å²) in [5.41, 5.74) is 0.394. The normalized spacial score (nSPS) is 25.9. The summed E-state index contributed by atoms with van der Waals surface area (Å²) in [6.45, 7) is 1.98. The van der Waals surface area contributed by atoms with E-state index >= 15 is 0 Å². The monoisotopic (exact) mass is 467 g/mol. The zero-order valence-electron chi connectivity index (χ0n) is 19.4. The Balaban J connectivity index is 1.46. The maximum absolute atomic E-state index is 13.1. The molecule has 0 aromatic carbocycles. The predicted molar refractivity (Wildman–Crippen MR) is 127 cm³/mol. The van der Waals surface area contributed by atoms with Crippen molar-refractivity contribution in [3.05, 3.63) is 46.5 Å². The number of carbonyl (C=O) groups is 1. The van der Waals surface area contributed by atoms with Crippen LogP contribution in [0.25, 0.3) is 5.65 Å². The maximum atomic E-state index is 13.1. The first-order chi connectivity index (χ1) is 16.3. The molecule has 3 heterocycles. The van der Waals surface area contributed by atoms with Crippen molar-refractivity contribution < 1.29 is 14.6 Å². The molecule has 0 bridgehead atoms. The van der Waals surface area contributed by atoms with E-state index in [1.165, 1.54) is 6.20 Å². The number of aliphatic hydroxyl groups is 1. The van der Waals surface area contributed by atoms with Gasteiger partial charge in [-0.2, -0.15) is 9.61 Å². The number of amides is 1. The van der Waals surface area contributed by atoms with Crippen molar-refractivity contribution >= 4 is 28.9 Å². The summed E-state index contributed by atoms with van der Waals surface area (Å²) < 4.78 is 8.65. The van der Waals surface area contributed by atoms with Gasteiger partial charge >= 0.3 is 0 Å². The van der Waals surface area contributed by atoms with E-state index in [1.54, 1.807) is 47.6 Å². The molecule has 1 unspecified atom stereocenters. The molecule has 3 aromatic heterocycles. The van der Waals surface area contributed by atoms with Gasteiger partial charge < -0.3 is 30.4 Å². The highest BCUT2D eigenvalue weighted by Gasteiger charge is 2.44. The first kappa shape index (κ1) is 22.4. The fraction of sp³-hybridized carbons (Fsp3) is 0.478. The average molecular weight is 468 g/mol. The van der Waals surface area contributed by atoms with Gasteiger partial charge in [0.05, 0.1) is 30.0 Å². The number of methoxy groups -OCH3 is 1. The molecule has 2 fully saturated rings. The number of hydrogen-bond donors (Lipinski definition) is 4. The van der Waals surface area contributed by atoms with E-state index in [2.05, 4.69) is 26.0 Å². The van der Waals surface area contributed by atoms with Crippen LogP contribution >= 0.6 is 0 Å². The smallest absolute Gasteiger partial charge is 0.274 e. The fourth-order valence-electron chi connectivity index (χ4n) is 4.56. The van der Waals surface area contributed by atoms with Crippen LogP contribution in [0.4, 0.5) is 17.3 Å². The quantitative estimate of drug-likeness (QED) is 0.412. The summed E-state index contributed by atoms with van der Waals surface area (Å²) in [6.07, 6.45) is 5.83. The number of aromatic nitrogens is 4. The molecule has 0 radical (unpaired) electrons. The first-order valence-electron chi connectivity index (χ1n) is 11.4. The van der Waals surface area contributed by atoms with Crippen molar-refractivity contribution in [2.45, 2.75) is 56.4 Å². The number of aliphatic hydroxyl groups excluding tert-OH is 1. The Morgan fingerprint density at radius 1 is 1.32 bits per heavy atom. The molecular formula is C23H29N7O4. The van der Waals surface area contributed by atoms with Gasteiger partial charge in [0.1, 0.15) is 22.9 Å². The molecule has 3 aromatic rings. The SMILES string of the molecule is CNc1cc(Nc2cccn(C3CC[C@@H]3O)c2=O)nc2c(C(=O)N[C@@H]3CC[C@@]3(C)OC)cnn12. The Labute approximate surface area is 196 Å². The third-order valence-electron chi connectivity index (χ3n) is 7.21. The average Bonchev–Trinajstić information content (AvgIpc) is 3.26. The highest BCUT2D eigenvalue weighted by molar-refractivity contribution is 6.00. The minimum Gasteiger partial charge on any atom is -0.391 e. The molecule has 34 heavy (non-hydrogen) atoms. The Kier molecular flexibility index (Phi) is 5.53. The molecule has 11 heteroatoms. The molecule has 2 saturated carbocycles. The van der Waals surface area contributed by atoms with Gasteiger partial charge in [-0.25, -0.2) is 4.98 Å². The molecule has 180 valence electrons. The van der Waals surface area contributed by atoms with E-state index in [-0.39, 0.29) is 29.2 Å². The number of nitrogens with one attached hydrogen (secondary N) is 3. The van der Waals surface area contributed by atoms with Crippen LogP contribution < -0.4 is 21.5 Å². The molecule has 11 nitrogen and oxygen atoms in total. The Hall–Kier alpha value is -3.44. The minimum atomic E-state index is -0.512. The number of hydrogen-bond acceptors (Lipinski definition) is 8. The molecule has 1 amide bonds. The van der Waals surface area contributed by atoms with Crippen molar-refractivity contribution in [3.8, 4) is 0 Å². The van der Waals surface area contributed by atoms with Crippen molar-refractivity contribution in [2.75, 3.05) is 24.8 Å². The van der Waals surface area contributed by atoms with Gasteiger partial charge in [-0.3, -0.25) is 9.59 Å². The third kappa shape index (κ3) is 3.61. The fourth-order valence-corrected chi connectivity index (χ4v) is 4.56. The van der Waals surface area contributed by atoms with Crippen LogP contribution in [0.3, 0.4) is 0 Å². The van der Waals surface area contributed by atoms with Gasteiger partial charge in [-0.1, -0.05) is 0 Å². The van der Waals surface area contributed by atoms with E-state index in [1.807, 2.05) is 6.92 Å². The van der Waals surface area contributed by atoms with Crippen LogP contribution in [0.2, 0.25) is 0 Å². The topological polar surface area (TPSA) is 135 Å². The minimum absolute atomic E-state index is 0.0883. The van der Waals surface area contributed by atoms with Crippen molar-refractivity contribution in [1.29, 1.82) is 0 Å². The lowest BCUT2D eigenvalue weighted by Crippen LogP contribution is -2.59. The zero-order valence-corrected chi connectivity index (χ0v) is 19.4. The number of nitrogens with zero attached hydrogens (tertiary/aromatic N) is 4. The van der Waals surface area contributed by atoms with Crippen molar-refractivity contribution in [2.24, 2.45) is 0 Å². The number of fused-ring (bicyclic) bond motifs is 1. The Morgan fingerprint density at radius 3 is 2.76 bits per heavy atom. The summed E-state index contributed by atoms with van der Waals surface area (Å²) >= 11 is 0. The lowest BCUT2D eigenvalue weighted by molar-refractivity contribution is -0.0828. The molecule has 5 rings (SSSR count). The van der Waals surface area contributed by atoms with E-state index in [0.29, 0.717) is 35.0 Å². The van der Waals surface area contributed by atoms with Gasteiger partial charge in [0.15, 0.2) is 5.65 Å². The third-order valence-corrected chi connectivity index (χ3v) is 7.21. The predicted octanol–water partition coefficient (Wildman–Crippen LogP) is 1.67. The van der Waals surface area contributed by atoms with E-state index in [4.69, 9.17) is 4.74 Å². The van der Waals surface area contributed by atoms with E-state index in [9.17, 15) is 14.7 Å². The number of ether oxygens (including phenoxy) is 1. The van der Waals surface area contributed by atoms with Crippen LogP contribution in [-0.4, -0.2) is 62.1 Å². The molecule has 0 saturated heterocycles. The summed E-state index contributed by atoms with van der Waals surface area (Å²) in [5.74, 6) is 0.707. The largest absolute Gasteiger partial charge is 0.391 e. The van der Waals surface area contributed by atoms with Gasteiger partial charge in [0.25, 0.3) is 11.5 Å². The molecule has 0 aliphatic heterocycles. The number of pyridine rings is 1. The standard InChI is InChI=1S/C23H29N7O4/c1-23(34-3)9-8-17(23)27-21(32)13-12-25-30-19(24-2)11-18(28-20(13)30)26-14-5-4-10-29(22(14)33)15-6-7-16(15)31/h4-5,10-12,15-17,24,31H,6-9H2,1-3H3,(H,26,28)(H,27,32)/t15?,16-,17+,23+/m0/s1. The van der Waals surface area contributed by atoms with Crippen LogP contribution in [0.15, 0.2) is 35.4 Å². The summed E-state index contributed by atoms with van der Waals surface area (Å²) in [7, 11) is 3.39.